The first-order valence-corrected chi connectivity index (χ1v) is 14.7. The van der Waals surface area contributed by atoms with Crippen molar-refractivity contribution in [2.45, 2.75) is 65.6 Å². The molecule has 3 rings (SSSR count). The Morgan fingerprint density at radius 1 is 0.619 bits per heavy atom. The highest BCUT2D eigenvalue weighted by atomic mass is 16.6. The number of nitrogens with zero attached hydrogens (tertiary/aromatic N) is 2. The number of carbonyl (C=O) groups excluding carboxylic acids is 4. The van der Waals surface area contributed by atoms with Gasteiger partial charge in [0, 0.05) is 37.6 Å². The summed E-state index contributed by atoms with van der Waals surface area (Å²) >= 11 is 0. The molecule has 1 aliphatic heterocycles. The molecular weight excluding hydrogens is 540 g/mol. The molecule has 0 unspecified atom stereocenters. The van der Waals surface area contributed by atoms with Crippen LogP contribution >= 0.6 is 0 Å². The molecule has 10 nitrogen and oxygen atoms in total. The second-order valence-electron chi connectivity index (χ2n) is 10.2. The van der Waals surface area contributed by atoms with Crippen molar-refractivity contribution in [3.63, 3.8) is 0 Å². The number of piperazine rings is 1. The van der Waals surface area contributed by atoms with Crippen molar-refractivity contribution in [2.75, 3.05) is 49.2 Å². The fraction of sp³-hybridized carbons (Fsp3) is 0.500. The zero-order valence-electron chi connectivity index (χ0n) is 25.0. The van der Waals surface area contributed by atoms with E-state index in [2.05, 4.69) is 9.80 Å². The lowest BCUT2D eigenvalue weighted by atomic mass is 10.1. The molecule has 0 radical (unpaired) electrons. The van der Waals surface area contributed by atoms with Crippen molar-refractivity contribution in [2.24, 2.45) is 0 Å². The van der Waals surface area contributed by atoms with Gasteiger partial charge in [0.2, 0.25) is 0 Å². The molecule has 0 N–H and O–H groups in total. The molecule has 0 bridgehead atoms. The van der Waals surface area contributed by atoms with Gasteiger partial charge in [-0.05, 0) is 75.2 Å². The third-order valence-corrected chi connectivity index (χ3v) is 6.93. The molecule has 2 aromatic carbocycles. The molecular formula is C32H42N2O8. The van der Waals surface area contributed by atoms with Gasteiger partial charge in [-0.2, -0.15) is 0 Å². The van der Waals surface area contributed by atoms with Gasteiger partial charge in [0.15, 0.2) is 12.2 Å². The van der Waals surface area contributed by atoms with Crippen molar-refractivity contribution < 1.29 is 38.1 Å². The van der Waals surface area contributed by atoms with Crippen molar-refractivity contribution in [3.8, 4) is 0 Å². The van der Waals surface area contributed by atoms with Gasteiger partial charge in [0.05, 0.1) is 24.3 Å². The Morgan fingerprint density at radius 3 is 1.26 bits per heavy atom. The van der Waals surface area contributed by atoms with Gasteiger partial charge in [-0.25, -0.2) is 19.2 Å². The Kier molecular flexibility index (Phi) is 12.7. The van der Waals surface area contributed by atoms with Gasteiger partial charge in [-0.3, -0.25) is 0 Å². The average molecular weight is 583 g/mol. The smallest absolute Gasteiger partial charge is 0.347 e. The average Bonchev–Trinajstić information content (AvgIpc) is 3.01. The van der Waals surface area contributed by atoms with Crippen LogP contribution in [0.1, 0.15) is 74.1 Å². The van der Waals surface area contributed by atoms with E-state index in [1.807, 2.05) is 38.1 Å². The molecule has 1 aliphatic rings. The number of unbranched alkanes of at least 4 members (excludes halogenated alkanes) is 2. The molecule has 1 heterocycles. The molecule has 228 valence electrons. The summed E-state index contributed by atoms with van der Waals surface area (Å²) in [7, 11) is 0. The molecule has 1 saturated heterocycles. The second kappa shape index (κ2) is 16.4. The number of hydrogen-bond acceptors (Lipinski definition) is 10. The number of anilines is 2. The van der Waals surface area contributed by atoms with Crippen LogP contribution < -0.4 is 9.80 Å². The van der Waals surface area contributed by atoms with E-state index in [9.17, 15) is 19.2 Å². The van der Waals surface area contributed by atoms with Crippen molar-refractivity contribution in [1.82, 2.24) is 0 Å². The molecule has 2 aromatic rings. The molecule has 42 heavy (non-hydrogen) atoms. The zero-order chi connectivity index (χ0) is 30.5. The number of rotatable bonds is 14. The Labute approximate surface area is 247 Å². The molecule has 0 spiro atoms. The largest absolute Gasteiger partial charge is 0.463 e. The summed E-state index contributed by atoms with van der Waals surface area (Å²) in [6.45, 7) is 10.7. The highest BCUT2D eigenvalue weighted by Crippen LogP contribution is 2.22. The number of carbonyl (C=O) groups is 4. The van der Waals surface area contributed by atoms with Crippen LogP contribution in [0.5, 0.6) is 0 Å². The van der Waals surface area contributed by atoms with Crippen LogP contribution in [-0.4, -0.2) is 75.5 Å². The lowest BCUT2D eigenvalue weighted by Crippen LogP contribution is -2.46. The SMILES string of the molecule is CCCCOC(=O)[C@H](C)OC(=O)c1ccc(N2CCN(c3ccc(C(=O)O[C@@H](C)C(=O)OCCCC)cc3)CC2)cc1. The van der Waals surface area contributed by atoms with Crippen molar-refractivity contribution in [1.29, 1.82) is 0 Å². The summed E-state index contributed by atoms with van der Waals surface area (Å²) in [4.78, 5) is 53.3. The van der Waals surface area contributed by atoms with Crippen LogP contribution in [0.25, 0.3) is 0 Å². The molecule has 2 atom stereocenters. The van der Waals surface area contributed by atoms with Gasteiger partial charge in [0.1, 0.15) is 0 Å². The molecule has 0 saturated carbocycles. The maximum atomic E-state index is 12.5. The molecule has 0 aliphatic carbocycles. The second-order valence-corrected chi connectivity index (χ2v) is 10.2. The van der Waals surface area contributed by atoms with E-state index in [4.69, 9.17) is 18.9 Å². The highest BCUT2D eigenvalue weighted by molar-refractivity contribution is 5.92. The fourth-order valence-electron chi connectivity index (χ4n) is 4.26. The summed E-state index contributed by atoms with van der Waals surface area (Å²) in [5.41, 5.74) is 2.70. The summed E-state index contributed by atoms with van der Waals surface area (Å²) < 4.78 is 20.7. The van der Waals surface area contributed by atoms with E-state index in [0.29, 0.717) is 24.3 Å². The van der Waals surface area contributed by atoms with Crippen LogP contribution in [0, 0.1) is 0 Å². The van der Waals surface area contributed by atoms with E-state index < -0.39 is 36.1 Å². The summed E-state index contributed by atoms with van der Waals surface area (Å²) in [5, 5.41) is 0. The normalized spacial score (nSPS) is 14.5. The Balaban J connectivity index is 1.46. The van der Waals surface area contributed by atoms with E-state index >= 15 is 0 Å². The quantitative estimate of drug-likeness (QED) is 0.175. The third-order valence-electron chi connectivity index (χ3n) is 6.93. The maximum absolute atomic E-state index is 12.5. The lowest BCUT2D eigenvalue weighted by molar-refractivity contribution is -0.153. The monoisotopic (exact) mass is 582 g/mol. The number of benzene rings is 2. The predicted octanol–water partition coefficient (Wildman–Crippen LogP) is 4.79. The minimum absolute atomic E-state index is 0.317. The van der Waals surface area contributed by atoms with E-state index in [-0.39, 0.29) is 0 Å². The number of esters is 4. The van der Waals surface area contributed by atoms with Gasteiger partial charge < -0.3 is 28.7 Å². The Bertz CT molecular complexity index is 1080. The van der Waals surface area contributed by atoms with Crippen LogP contribution in [0.3, 0.4) is 0 Å². The minimum Gasteiger partial charge on any atom is -0.463 e. The summed E-state index contributed by atoms with van der Waals surface area (Å²) in [6, 6.07) is 14.3. The van der Waals surface area contributed by atoms with Crippen LogP contribution in [0.2, 0.25) is 0 Å². The molecule has 1 fully saturated rings. The maximum Gasteiger partial charge on any atom is 0.347 e. The minimum atomic E-state index is -0.968. The van der Waals surface area contributed by atoms with E-state index in [1.165, 1.54) is 13.8 Å². The Hall–Kier alpha value is -4.08. The molecule has 0 aromatic heterocycles. The molecule has 0 amide bonds. The van der Waals surface area contributed by atoms with Gasteiger partial charge >= 0.3 is 23.9 Å². The lowest BCUT2D eigenvalue weighted by Gasteiger charge is -2.37. The van der Waals surface area contributed by atoms with Crippen molar-refractivity contribution in [3.05, 3.63) is 59.7 Å². The van der Waals surface area contributed by atoms with Crippen LogP contribution in [0.4, 0.5) is 11.4 Å². The van der Waals surface area contributed by atoms with E-state index in [0.717, 1.165) is 63.2 Å². The topological polar surface area (TPSA) is 112 Å². The third kappa shape index (κ3) is 9.49. The summed E-state index contributed by atoms with van der Waals surface area (Å²) in [5.74, 6) is -2.23. The Morgan fingerprint density at radius 2 is 0.952 bits per heavy atom. The first-order chi connectivity index (χ1) is 20.2. The van der Waals surface area contributed by atoms with E-state index in [1.54, 1.807) is 24.3 Å². The zero-order valence-corrected chi connectivity index (χ0v) is 25.0. The molecule has 10 heteroatoms. The van der Waals surface area contributed by atoms with Gasteiger partial charge in [-0.1, -0.05) is 26.7 Å². The number of ether oxygens (including phenoxy) is 4. The van der Waals surface area contributed by atoms with Crippen LogP contribution in [-0.2, 0) is 28.5 Å². The van der Waals surface area contributed by atoms with Crippen LogP contribution in [0.15, 0.2) is 48.5 Å². The first kappa shape index (κ1) is 32.4. The van der Waals surface area contributed by atoms with Gasteiger partial charge in [-0.15, -0.1) is 0 Å². The highest BCUT2D eigenvalue weighted by Gasteiger charge is 2.23. The predicted molar refractivity (Wildman–Crippen MR) is 159 cm³/mol. The first-order valence-electron chi connectivity index (χ1n) is 14.7. The fourth-order valence-corrected chi connectivity index (χ4v) is 4.26. The standard InChI is InChI=1S/C32H42N2O8/c1-5-7-21-39-29(35)23(3)41-31(37)25-9-13-27(14-10-25)33-17-19-34(20-18-33)28-15-11-26(12-16-28)32(38)42-24(4)30(36)40-22-8-6-2/h9-16,23-24H,5-8,17-22H2,1-4H3/t23-,24-/m0/s1. The number of hydrogen-bond donors (Lipinski definition) is 0. The van der Waals surface area contributed by atoms with Gasteiger partial charge in [0.25, 0.3) is 0 Å². The van der Waals surface area contributed by atoms with Crippen molar-refractivity contribution >= 4 is 35.3 Å². The summed E-state index contributed by atoms with van der Waals surface area (Å²) in [6.07, 6.45) is 1.42.